The molecule has 0 N–H and O–H groups in total. The van der Waals surface area contributed by atoms with E-state index in [0.717, 1.165) is 11.3 Å². The third kappa shape index (κ3) is 4.16. The number of hydrogen-bond donors (Lipinski definition) is 0. The van der Waals surface area contributed by atoms with Crippen LogP contribution in [0.3, 0.4) is 0 Å². The minimum absolute atomic E-state index is 0.0219. The van der Waals surface area contributed by atoms with Crippen LogP contribution < -0.4 is 4.90 Å². The van der Waals surface area contributed by atoms with Crippen LogP contribution in [-0.2, 0) is 16.1 Å². The van der Waals surface area contributed by atoms with Gasteiger partial charge in [-0.3, -0.25) is 19.5 Å². The van der Waals surface area contributed by atoms with Crippen LogP contribution >= 0.6 is 23.1 Å². The molecule has 1 aliphatic rings. The lowest BCUT2D eigenvalue weighted by atomic mass is 10.2. The summed E-state index contributed by atoms with van der Waals surface area (Å²) in [6.45, 7) is 4.80. The first-order valence-electron chi connectivity index (χ1n) is 8.29. The maximum absolute atomic E-state index is 12.5. The molecule has 2 amide bonds. The van der Waals surface area contributed by atoms with E-state index in [-0.39, 0.29) is 24.1 Å². The van der Waals surface area contributed by atoms with Gasteiger partial charge in [0.1, 0.15) is 6.54 Å². The quantitative estimate of drug-likeness (QED) is 0.789. The zero-order valence-electron chi connectivity index (χ0n) is 15.1. The summed E-state index contributed by atoms with van der Waals surface area (Å²) in [6, 6.07) is 9.80. The first kappa shape index (κ1) is 18.7. The molecule has 2 heterocycles. The van der Waals surface area contributed by atoms with Crippen LogP contribution in [0.5, 0.6) is 0 Å². The van der Waals surface area contributed by atoms with Gasteiger partial charge in [-0.05, 0) is 43.0 Å². The van der Waals surface area contributed by atoms with Crippen LogP contribution in [0.2, 0.25) is 0 Å². The van der Waals surface area contributed by atoms with Crippen molar-refractivity contribution in [2.45, 2.75) is 20.4 Å². The minimum Gasteiger partial charge on any atom is -0.340 e. The zero-order valence-corrected chi connectivity index (χ0v) is 16.7. The molecule has 0 saturated carbocycles. The van der Waals surface area contributed by atoms with E-state index in [4.69, 9.17) is 0 Å². The lowest BCUT2D eigenvalue weighted by molar-refractivity contribution is -0.127. The minimum atomic E-state index is -0.0635. The van der Waals surface area contributed by atoms with Crippen molar-refractivity contribution in [3.63, 3.8) is 0 Å². The van der Waals surface area contributed by atoms with E-state index in [2.05, 4.69) is 18.0 Å². The number of amides is 2. The molecule has 1 aliphatic heterocycles. The van der Waals surface area contributed by atoms with E-state index < -0.39 is 0 Å². The standard InChI is InChI=1S/C19H21N3O2S2/c1-13-4-6-15(7-5-13)22-17(23)10-20-19(22)26-12-18(24)21(3)11-16-14(2)8-9-25-16/h4-9H,10-12H2,1-3H3. The van der Waals surface area contributed by atoms with Crippen molar-refractivity contribution in [1.82, 2.24) is 4.90 Å². The average molecular weight is 388 g/mol. The molecule has 0 atom stereocenters. The second kappa shape index (κ2) is 8.05. The number of rotatable bonds is 5. The molecular formula is C19H21N3O2S2. The molecule has 0 aliphatic carbocycles. The summed E-state index contributed by atoms with van der Waals surface area (Å²) in [4.78, 5) is 33.5. The molecule has 0 fully saturated rings. The molecule has 1 aromatic heterocycles. The van der Waals surface area contributed by atoms with Crippen LogP contribution in [0.15, 0.2) is 40.7 Å². The number of thiophene rings is 1. The molecule has 136 valence electrons. The number of nitrogens with zero attached hydrogens (tertiary/aromatic N) is 3. The Balaban J connectivity index is 1.61. The third-order valence-electron chi connectivity index (χ3n) is 4.18. The first-order chi connectivity index (χ1) is 12.5. The Labute approximate surface area is 161 Å². The third-order valence-corrected chi connectivity index (χ3v) is 6.15. The molecule has 0 saturated heterocycles. The Morgan fingerprint density at radius 3 is 2.65 bits per heavy atom. The number of thioether (sulfide) groups is 1. The van der Waals surface area contributed by atoms with Crippen LogP contribution in [-0.4, -0.2) is 41.2 Å². The normalized spacial score (nSPS) is 13.9. The highest BCUT2D eigenvalue weighted by atomic mass is 32.2. The van der Waals surface area contributed by atoms with Crippen molar-refractivity contribution in [3.05, 3.63) is 51.7 Å². The predicted molar refractivity (Wildman–Crippen MR) is 109 cm³/mol. The van der Waals surface area contributed by atoms with Crippen LogP contribution in [0.1, 0.15) is 16.0 Å². The van der Waals surface area contributed by atoms with Crippen molar-refractivity contribution < 1.29 is 9.59 Å². The van der Waals surface area contributed by atoms with Gasteiger partial charge in [-0.15, -0.1) is 11.3 Å². The highest BCUT2D eigenvalue weighted by Crippen LogP contribution is 2.25. The van der Waals surface area contributed by atoms with Crippen molar-refractivity contribution >= 4 is 45.8 Å². The lowest BCUT2D eigenvalue weighted by Gasteiger charge is -2.20. The SMILES string of the molecule is Cc1ccc(N2C(=O)CN=C2SCC(=O)N(C)Cc2sccc2C)cc1. The molecule has 2 aromatic rings. The van der Waals surface area contributed by atoms with Gasteiger partial charge in [-0.1, -0.05) is 29.5 Å². The van der Waals surface area contributed by atoms with E-state index in [1.54, 1.807) is 28.2 Å². The molecule has 5 nitrogen and oxygen atoms in total. The van der Waals surface area contributed by atoms with Gasteiger partial charge in [0.2, 0.25) is 5.91 Å². The van der Waals surface area contributed by atoms with E-state index in [1.807, 2.05) is 36.6 Å². The molecular weight excluding hydrogens is 366 g/mol. The fourth-order valence-electron chi connectivity index (χ4n) is 2.55. The van der Waals surface area contributed by atoms with Crippen molar-refractivity contribution in [2.75, 3.05) is 24.2 Å². The number of carbonyl (C=O) groups is 2. The van der Waals surface area contributed by atoms with Gasteiger partial charge in [-0.2, -0.15) is 0 Å². The van der Waals surface area contributed by atoms with Gasteiger partial charge in [0.15, 0.2) is 5.17 Å². The van der Waals surface area contributed by atoms with Gasteiger partial charge in [0, 0.05) is 11.9 Å². The van der Waals surface area contributed by atoms with Gasteiger partial charge in [-0.25, -0.2) is 0 Å². The van der Waals surface area contributed by atoms with E-state index in [0.29, 0.717) is 11.7 Å². The molecule has 1 aromatic carbocycles. The smallest absolute Gasteiger partial charge is 0.254 e. The summed E-state index contributed by atoms with van der Waals surface area (Å²) in [5.74, 6) is 0.218. The highest BCUT2D eigenvalue weighted by molar-refractivity contribution is 8.14. The highest BCUT2D eigenvalue weighted by Gasteiger charge is 2.28. The molecule has 0 radical (unpaired) electrons. The van der Waals surface area contributed by atoms with Crippen LogP contribution in [0, 0.1) is 13.8 Å². The maximum atomic E-state index is 12.5. The Kier molecular flexibility index (Phi) is 5.78. The largest absolute Gasteiger partial charge is 0.340 e. The number of aryl methyl sites for hydroxylation is 2. The number of benzene rings is 1. The van der Waals surface area contributed by atoms with Gasteiger partial charge in [0.05, 0.1) is 18.0 Å². The Morgan fingerprint density at radius 1 is 1.27 bits per heavy atom. The first-order valence-corrected chi connectivity index (χ1v) is 10.2. The summed E-state index contributed by atoms with van der Waals surface area (Å²) in [5, 5.41) is 2.63. The van der Waals surface area contributed by atoms with E-state index in [1.165, 1.54) is 22.2 Å². The zero-order chi connectivity index (χ0) is 18.7. The average Bonchev–Trinajstić information content (AvgIpc) is 3.19. The van der Waals surface area contributed by atoms with Crippen LogP contribution in [0.25, 0.3) is 0 Å². The van der Waals surface area contributed by atoms with E-state index >= 15 is 0 Å². The summed E-state index contributed by atoms with van der Waals surface area (Å²) in [7, 11) is 1.81. The number of aliphatic imine (C=N–C) groups is 1. The second-order valence-corrected chi connectivity index (χ2v) is 8.17. The Bertz CT molecular complexity index is 843. The number of amidine groups is 1. The van der Waals surface area contributed by atoms with Crippen molar-refractivity contribution in [1.29, 1.82) is 0 Å². The lowest BCUT2D eigenvalue weighted by Crippen LogP contribution is -2.33. The predicted octanol–water partition coefficient (Wildman–Crippen LogP) is 3.46. The molecule has 0 spiro atoms. The molecule has 0 unspecified atom stereocenters. The van der Waals surface area contributed by atoms with E-state index in [9.17, 15) is 9.59 Å². The fourth-order valence-corrected chi connectivity index (χ4v) is 4.47. The Hall–Kier alpha value is -2.12. The van der Waals surface area contributed by atoms with Crippen molar-refractivity contribution in [2.24, 2.45) is 4.99 Å². The maximum Gasteiger partial charge on any atom is 0.254 e. The van der Waals surface area contributed by atoms with Gasteiger partial charge >= 0.3 is 0 Å². The number of hydrogen-bond acceptors (Lipinski definition) is 5. The molecule has 26 heavy (non-hydrogen) atoms. The summed E-state index contributed by atoms with van der Waals surface area (Å²) in [5.41, 5.74) is 3.13. The molecule has 3 rings (SSSR count). The summed E-state index contributed by atoms with van der Waals surface area (Å²) < 4.78 is 0. The number of carbonyl (C=O) groups excluding carboxylic acids is 2. The number of anilines is 1. The molecule has 0 bridgehead atoms. The monoisotopic (exact) mass is 387 g/mol. The topological polar surface area (TPSA) is 53.0 Å². The van der Waals surface area contributed by atoms with Gasteiger partial charge < -0.3 is 4.90 Å². The second-order valence-electron chi connectivity index (χ2n) is 6.23. The van der Waals surface area contributed by atoms with Crippen molar-refractivity contribution in [3.8, 4) is 0 Å². The fraction of sp³-hybridized carbons (Fsp3) is 0.316. The molecule has 7 heteroatoms. The van der Waals surface area contributed by atoms with Gasteiger partial charge in [0.25, 0.3) is 5.91 Å². The van der Waals surface area contributed by atoms with Crippen LogP contribution in [0.4, 0.5) is 5.69 Å². The summed E-state index contributed by atoms with van der Waals surface area (Å²) >= 11 is 2.98. The Morgan fingerprint density at radius 2 is 2.00 bits per heavy atom. The summed E-state index contributed by atoms with van der Waals surface area (Å²) in [6.07, 6.45) is 0.